The van der Waals surface area contributed by atoms with E-state index < -0.39 is 5.97 Å². The predicted molar refractivity (Wildman–Crippen MR) is 57.6 cm³/mol. The third kappa shape index (κ3) is 2.71. The Labute approximate surface area is 98.6 Å². The van der Waals surface area contributed by atoms with Crippen molar-refractivity contribution in [3.05, 3.63) is 18.1 Å². The first-order valence-electron chi connectivity index (χ1n) is 5.41. The van der Waals surface area contributed by atoms with Crippen LogP contribution in [0.3, 0.4) is 0 Å². The van der Waals surface area contributed by atoms with Gasteiger partial charge >= 0.3 is 5.97 Å². The Morgan fingerprint density at radius 3 is 2.82 bits per heavy atom. The molecule has 0 atom stereocenters. The summed E-state index contributed by atoms with van der Waals surface area (Å²) < 4.78 is 10.0. The number of methoxy groups -OCH3 is 1. The number of ether oxygens (including phenoxy) is 2. The van der Waals surface area contributed by atoms with Crippen molar-refractivity contribution in [2.75, 3.05) is 13.7 Å². The van der Waals surface area contributed by atoms with Crippen molar-refractivity contribution < 1.29 is 19.4 Å². The van der Waals surface area contributed by atoms with Gasteiger partial charge in [0.1, 0.15) is 0 Å². The molecule has 0 aromatic carbocycles. The van der Waals surface area contributed by atoms with E-state index in [1.54, 1.807) is 0 Å². The summed E-state index contributed by atoms with van der Waals surface area (Å²) in [4.78, 5) is 19.2. The Kier molecular flexibility index (Phi) is 3.53. The average molecular weight is 238 g/mol. The molecule has 2 rings (SSSR count). The minimum Gasteiger partial charge on any atom is -0.476 e. The summed E-state index contributed by atoms with van der Waals surface area (Å²) in [5.41, 5.74) is 0.0786. The molecule has 0 bridgehead atoms. The van der Waals surface area contributed by atoms with Crippen LogP contribution in [-0.2, 0) is 4.74 Å². The molecule has 1 saturated carbocycles. The van der Waals surface area contributed by atoms with E-state index in [1.165, 1.54) is 19.5 Å². The molecule has 1 aliphatic rings. The highest BCUT2D eigenvalue weighted by molar-refractivity contribution is 5.89. The van der Waals surface area contributed by atoms with Crippen LogP contribution in [0, 0.1) is 5.92 Å². The van der Waals surface area contributed by atoms with E-state index in [2.05, 4.69) is 14.7 Å². The number of carbonyl (C=O) groups excluding carboxylic acids is 1. The molecule has 0 amide bonds. The topological polar surface area (TPSA) is 81.5 Å². The van der Waals surface area contributed by atoms with Crippen LogP contribution in [0.15, 0.2) is 12.4 Å². The van der Waals surface area contributed by atoms with Gasteiger partial charge in [-0.05, 0) is 18.8 Å². The largest absolute Gasteiger partial charge is 0.476 e. The first-order valence-corrected chi connectivity index (χ1v) is 5.41. The maximum atomic E-state index is 11.4. The van der Waals surface area contributed by atoms with Gasteiger partial charge in [-0.3, -0.25) is 0 Å². The van der Waals surface area contributed by atoms with Crippen molar-refractivity contribution in [2.45, 2.75) is 18.9 Å². The van der Waals surface area contributed by atoms with Crippen LogP contribution in [0.4, 0.5) is 0 Å². The number of carbonyl (C=O) groups is 1. The molecule has 0 radical (unpaired) electrons. The van der Waals surface area contributed by atoms with E-state index in [-0.39, 0.29) is 17.7 Å². The fraction of sp³-hybridized carbons (Fsp3) is 0.545. The van der Waals surface area contributed by atoms with Crippen molar-refractivity contribution in [2.24, 2.45) is 5.92 Å². The van der Waals surface area contributed by atoms with Gasteiger partial charge < -0.3 is 14.6 Å². The minimum atomic E-state index is -0.568. The van der Waals surface area contributed by atoms with E-state index in [0.29, 0.717) is 12.5 Å². The zero-order chi connectivity index (χ0) is 12.3. The van der Waals surface area contributed by atoms with Crippen LogP contribution in [-0.4, -0.2) is 40.9 Å². The quantitative estimate of drug-likeness (QED) is 0.765. The number of esters is 1. The molecule has 1 N–H and O–H groups in total. The molecule has 0 saturated heterocycles. The van der Waals surface area contributed by atoms with Crippen molar-refractivity contribution in [1.29, 1.82) is 0 Å². The third-order valence-electron chi connectivity index (χ3n) is 2.71. The molecule has 0 spiro atoms. The van der Waals surface area contributed by atoms with Gasteiger partial charge in [0.2, 0.25) is 11.6 Å². The lowest BCUT2D eigenvalue weighted by Gasteiger charge is -2.30. The normalized spacial score (nSPS) is 22.7. The fourth-order valence-electron chi connectivity index (χ4n) is 1.70. The summed E-state index contributed by atoms with van der Waals surface area (Å²) in [5.74, 6) is -0.0695. The SMILES string of the molecule is COC(=O)c1nccnc1OCC1CC(O)C1. The lowest BCUT2D eigenvalue weighted by Crippen LogP contribution is -2.32. The first-order chi connectivity index (χ1) is 8.20. The van der Waals surface area contributed by atoms with Gasteiger partial charge in [-0.1, -0.05) is 0 Å². The van der Waals surface area contributed by atoms with Crippen LogP contribution < -0.4 is 4.74 Å². The molecule has 1 aliphatic carbocycles. The molecule has 17 heavy (non-hydrogen) atoms. The molecule has 6 heteroatoms. The zero-order valence-electron chi connectivity index (χ0n) is 9.50. The van der Waals surface area contributed by atoms with Crippen LogP contribution >= 0.6 is 0 Å². The molecule has 1 fully saturated rings. The molecule has 0 aliphatic heterocycles. The fourth-order valence-corrected chi connectivity index (χ4v) is 1.70. The Balaban J connectivity index is 1.97. The van der Waals surface area contributed by atoms with Gasteiger partial charge in [0, 0.05) is 12.4 Å². The van der Waals surface area contributed by atoms with Crippen molar-refractivity contribution in [3.63, 3.8) is 0 Å². The molecule has 92 valence electrons. The second-order valence-corrected chi connectivity index (χ2v) is 4.00. The van der Waals surface area contributed by atoms with Crippen LogP contribution in [0.25, 0.3) is 0 Å². The number of hydrogen-bond acceptors (Lipinski definition) is 6. The maximum Gasteiger partial charge on any atom is 0.362 e. The smallest absolute Gasteiger partial charge is 0.362 e. The third-order valence-corrected chi connectivity index (χ3v) is 2.71. The summed E-state index contributed by atoms with van der Waals surface area (Å²) in [6.45, 7) is 0.430. The highest BCUT2D eigenvalue weighted by Crippen LogP contribution is 2.27. The van der Waals surface area contributed by atoms with Gasteiger partial charge in [0.15, 0.2) is 0 Å². The second kappa shape index (κ2) is 5.09. The summed E-state index contributed by atoms with van der Waals surface area (Å²) in [6, 6.07) is 0. The van der Waals surface area contributed by atoms with Crippen LogP contribution in [0.5, 0.6) is 5.88 Å². The first kappa shape index (κ1) is 11.8. The molecule has 1 heterocycles. The molecule has 1 aromatic heterocycles. The molecular formula is C11H14N2O4. The monoisotopic (exact) mass is 238 g/mol. The molecule has 6 nitrogen and oxygen atoms in total. The Morgan fingerprint density at radius 2 is 2.18 bits per heavy atom. The van der Waals surface area contributed by atoms with Crippen molar-refractivity contribution in [3.8, 4) is 5.88 Å². The Morgan fingerprint density at radius 1 is 1.47 bits per heavy atom. The van der Waals surface area contributed by atoms with E-state index in [0.717, 1.165) is 12.8 Å². The number of aliphatic hydroxyl groups is 1. The van der Waals surface area contributed by atoms with E-state index in [1.807, 2.05) is 0 Å². The summed E-state index contributed by atoms with van der Waals surface area (Å²) >= 11 is 0. The molecule has 1 aromatic rings. The zero-order valence-corrected chi connectivity index (χ0v) is 9.50. The molecule has 0 unspecified atom stereocenters. The highest BCUT2D eigenvalue weighted by Gasteiger charge is 2.28. The lowest BCUT2D eigenvalue weighted by atomic mass is 9.83. The second-order valence-electron chi connectivity index (χ2n) is 4.00. The number of aliphatic hydroxyl groups excluding tert-OH is 1. The Bertz CT molecular complexity index is 404. The van der Waals surface area contributed by atoms with Crippen LogP contribution in [0.2, 0.25) is 0 Å². The minimum absolute atomic E-state index is 0.0786. The van der Waals surface area contributed by atoms with Gasteiger partial charge in [0.25, 0.3) is 0 Å². The van der Waals surface area contributed by atoms with E-state index in [9.17, 15) is 4.79 Å². The van der Waals surface area contributed by atoms with E-state index in [4.69, 9.17) is 9.84 Å². The summed E-state index contributed by atoms with van der Waals surface area (Å²) in [5, 5.41) is 9.14. The lowest BCUT2D eigenvalue weighted by molar-refractivity contribution is 0.0187. The number of rotatable bonds is 4. The standard InChI is InChI=1S/C11H14N2O4/c1-16-11(15)9-10(13-3-2-12-9)17-6-7-4-8(14)5-7/h2-3,7-8,14H,4-6H2,1H3. The average Bonchev–Trinajstić information content (AvgIpc) is 2.32. The van der Waals surface area contributed by atoms with Gasteiger partial charge in [-0.2, -0.15) is 0 Å². The van der Waals surface area contributed by atoms with Gasteiger partial charge in [-0.25, -0.2) is 14.8 Å². The van der Waals surface area contributed by atoms with Crippen molar-refractivity contribution >= 4 is 5.97 Å². The van der Waals surface area contributed by atoms with E-state index >= 15 is 0 Å². The van der Waals surface area contributed by atoms with Crippen LogP contribution in [0.1, 0.15) is 23.3 Å². The van der Waals surface area contributed by atoms with Crippen molar-refractivity contribution in [1.82, 2.24) is 9.97 Å². The number of aromatic nitrogens is 2. The maximum absolute atomic E-state index is 11.4. The Hall–Kier alpha value is -1.69. The summed E-state index contributed by atoms with van der Waals surface area (Å²) in [6.07, 6.45) is 4.11. The highest BCUT2D eigenvalue weighted by atomic mass is 16.5. The molecular weight excluding hydrogens is 224 g/mol. The summed E-state index contributed by atoms with van der Waals surface area (Å²) in [7, 11) is 1.28. The predicted octanol–water partition coefficient (Wildman–Crippen LogP) is 0.413. The number of hydrogen-bond donors (Lipinski definition) is 1. The number of nitrogens with zero attached hydrogens (tertiary/aromatic N) is 2. The van der Waals surface area contributed by atoms with Gasteiger partial charge in [0.05, 0.1) is 19.8 Å². The van der Waals surface area contributed by atoms with Gasteiger partial charge in [-0.15, -0.1) is 0 Å².